The molecule has 2 aliphatic rings. The summed E-state index contributed by atoms with van der Waals surface area (Å²) in [5.41, 5.74) is 2.90. The maximum atomic E-state index is 13.4. The highest BCUT2D eigenvalue weighted by atomic mass is 16.5. The van der Waals surface area contributed by atoms with Gasteiger partial charge in [-0.2, -0.15) is 0 Å². The number of pyridine rings is 1. The number of amides is 2. The van der Waals surface area contributed by atoms with E-state index in [-0.39, 0.29) is 30.3 Å². The Morgan fingerprint density at radius 1 is 1.24 bits per heavy atom. The molecule has 2 saturated heterocycles. The Morgan fingerprint density at radius 2 is 2.07 bits per heavy atom. The van der Waals surface area contributed by atoms with Gasteiger partial charge in [-0.1, -0.05) is 11.2 Å². The van der Waals surface area contributed by atoms with E-state index in [0.29, 0.717) is 19.6 Å². The molecule has 0 saturated carbocycles. The predicted molar refractivity (Wildman–Crippen MR) is 106 cm³/mol. The van der Waals surface area contributed by atoms with Crippen LogP contribution in [0.2, 0.25) is 0 Å². The number of likely N-dealkylation sites (tertiary alicyclic amines) is 1. The molecule has 2 amide bonds. The van der Waals surface area contributed by atoms with Crippen LogP contribution in [0.3, 0.4) is 0 Å². The van der Waals surface area contributed by atoms with E-state index in [1.807, 2.05) is 33.0 Å². The molecule has 154 valence electrons. The summed E-state index contributed by atoms with van der Waals surface area (Å²) in [6.45, 7) is 6.53. The van der Waals surface area contributed by atoms with Gasteiger partial charge in [-0.05, 0) is 31.9 Å². The van der Waals surface area contributed by atoms with E-state index in [1.54, 1.807) is 22.2 Å². The van der Waals surface area contributed by atoms with Crippen molar-refractivity contribution < 1.29 is 14.1 Å². The first-order valence-electron chi connectivity index (χ1n) is 10.0. The maximum absolute atomic E-state index is 13.4. The number of hydrogen-bond donors (Lipinski definition) is 0. The Balaban J connectivity index is 1.54. The standard InChI is InChI=1S/C21H27N5O3/c1-14-17(15(2)29-23-14)11-25-8-6-19-18(12-25)21(28)26(13-20(27)24(19)3)10-16-5-4-7-22-9-16/h4-5,7,9,18-19H,6,8,10-13H2,1-3H3/t18-,19+/m0/s1. The lowest BCUT2D eigenvalue weighted by molar-refractivity contribution is -0.138. The van der Waals surface area contributed by atoms with Crippen molar-refractivity contribution in [1.29, 1.82) is 0 Å². The Labute approximate surface area is 170 Å². The van der Waals surface area contributed by atoms with Gasteiger partial charge in [0.05, 0.1) is 11.6 Å². The third-order valence-electron chi connectivity index (χ3n) is 6.17. The molecule has 0 radical (unpaired) electrons. The van der Waals surface area contributed by atoms with E-state index >= 15 is 0 Å². The smallest absolute Gasteiger partial charge is 0.242 e. The van der Waals surface area contributed by atoms with Gasteiger partial charge in [-0.3, -0.25) is 19.5 Å². The molecule has 0 unspecified atom stereocenters. The number of fused-ring (bicyclic) bond motifs is 1. The number of piperidine rings is 1. The number of likely N-dealkylation sites (N-methyl/N-ethyl adjacent to an activating group) is 1. The molecule has 0 bridgehead atoms. The van der Waals surface area contributed by atoms with E-state index in [9.17, 15) is 9.59 Å². The fourth-order valence-corrected chi connectivity index (χ4v) is 4.43. The molecule has 2 aliphatic heterocycles. The largest absolute Gasteiger partial charge is 0.361 e. The van der Waals surface area contributed by atoms with Crippen LogP contribution in [0.25, 0.3) is 0 Å². The Morgan fingerprint density at radius 3 is 2.76 bits per heavy atom. The van der Waals surface area contributed by atoms with Crippen LogP contribution in [-0.2, 0) is 22.7 Å². The summed E-state index contributed by atoms with van der Waals surface area (Å²) < 4.78 is 5.29. The number of aryl methyl sites for hydroxylation is 2. The highest BCUT2D eigenvalue weighted by Gasteiger charge is 2.43. The van der Waals surface area contributed by atoms with Crippen LogP contribution in [0, 0.1) is 19.8 Å². The highest BCUT2D eigenvalue weighted by Crippen LogP contribution is 2.29. The van der Waals surface area contributed by atoms with Crippen LogP contribution in [0.5, 0.6) is 0 Å². The first-order chi connectivity index (χ1) is 13.9. The van der Waals surface area contributed by atoms with Crippen molar-refractivity contribution in [3.05, 3.63) is 47.1 Å². The average molecular weight is 397 g/mol. The quantitative estimate of drug-likeness (QED) is 0.775. The second kappa shape index (κ2) is 7.94. The minimum Gasteiger partial charge on any atom is -0.361 e. The summed E-state index contributed by atoms with van der Waals surface area (Å²) in [4.78, 5) is 36.0. The number of carbonyl (C=O) groups excluding carboxylic acids is 2. The molecule has 0 N–H and O–H groups in total. The zero-order chi connectivity index (χ0) is 20.5. The molecular weight excluding hydrogens is 370 g/mol. The number of aromatic nitrogens is 2. The molecular formula is C21H27N5O3. The Hall–Kier alpha value is -2.74. The lowest BCUT2D eigenvalue weighted by Crippen LogP contribution is -2.53. The van der Waals surface area contributed by atoms with Crippen molar-refractivity contribution in [3.63, 3.8) is 0 Å². The van der Waals surface area contributed by atoms with Gasteiger partial charge in [0.2, 0.25) is 11.8 Å². The van der Waals surface area contributed by atoms with Gasteiger partial charge in [0.1, 0.15) is 12.3 Å². The lowest BCUT2D eigenvalue weighted by Gasteiger charge is -2.40. The van der Waals surface area contributed by atoms with Crippen molar-refractivity contribution in [3.8, 4) is 0 Å². The van der Waals surface area contributed by atoms with Gasteiger partial charge < -0.3 is 14.3 Å². The number of hydrogen-bond acceptors (Lipinski definition) is 6. The second-order valence-corrected chi connectivity index (χ2v) is 8.06. The third-order valence-corrected chi connectivity index (χ3v) is 6.17. The molecule has 29 heavy (non-hydrogen) atoms. The van der Waals surface area contributed by atoms with Crippen LogP contribution in [0.15, 0.2) is 29.0 Å². The summed E-state index contributed by atoms with van der Waals surface area (Å²) in [7, 11) is 1.82. The van der Waals surface area contributed by atoms with E-state index in [4.69, 9.17) is 4.52 Å². The van der Waals surface area contributed by atoms with Gasteiger partial charge in [-0.25, -0.2) is 0 Å². The van der Waals surface area contributed by atoms with Crippen molar-refractivity contribution >= 4 is 11.8 Å². The number of rotatable bonds is 4. The molecule has 8 heteroatoms. The van der Waals surface area contributed by atoms with E-state index < -0.39 is 0 Å². The summed E-state index contributed by atoms with van der Waals surface area (Å²) in [6, 6.07) is 3.72. The third kappa shape index (κ3) is 3.89. The fraction of sp³-hybridized carbons (Fsp3) is 0.524. The summed E-state index contributed by atoms with van der Waals surface area (Å²) >= 11 is 0. The van der Waals surface area contributed by atoms with Crippen LogP contribution < -0.4 is 0 Å². The molecule has 0 aliphatic carbocycles. The molecule has 0 aromatic carbocycles. The summed E-state index contributed by atoms with van der Waals surface area (Å²) in [6.07, 6.45) is 4.23. The Kier molecular flexibility index (Phi) is 5.36. The van der Waals surface area contributed by atoms with Gasteiger partial charge >= 0.3 is 0 Å². The van der Waals surface area contributed by atoms with Crippen molar-refractivity contribution in [2.24, 2.45) is 5.92 Å². The van der Waals surface area contributed by atoms with Gasteiger partial charge in [0, 0.05) is 57.2 Å². The first-order valence-corrected chi connectivity index (χ1v) is 10.0. The van der Waals surface area contributed by atoms with Gasteiger partial charge in [0.15, 0.2) is 0 Å². The minimum absolute atomic E-state index is 0.00564. The van der Waals surface area contributed by atoms with Crippen molar-refractivity contribution in [1.82, 2.24) is 24.8 Å². The predicted octanol–water partition coefficient (Wildman–Crippen LogP) is 1.38. The first kappa shape index (κ1) is 19.6. The molecule has 0 spiro atoms. The molecule has 4 heterocycles. The molecule has 2 aromatic rings. The van der Waals surface area contributed by atoms with Crippen LogP contribution in [-0.4, -0.2) is 69.4 Å². The average Bonchev–Trinajstić information content (AvgIpc) is 3.00. The monoisotopic (exact) mass is 397 g/mol. The Bertz CT molecular complexity index is 877. The van der Waals surface area contributed by atoms with Gasteiger partial charge in [-0.15, -0.1) is 0 Å². The minimum atomic E-state index is -0.239. The second-order valence-electron chi connectivity index (χ2n) is 8.06. The SMILES string of the molecule is Cc1noc(C)c1CN1CC[C@@H]2[C@H](C1)C(=O)N(Cc1cccnc1)CC(=O)N2C. The van der Waals surface area contributed by atoms with Crippen molar-refractivity contribution in [2.75, 3.05) is 26.7 Å². The van der Waals surface area contributed by atoms with E-state index in [2.05, 4.69) is 15.0 Å². The normalized spacial score (nSPS) is 23.3. The lowest BCUT2D eigenvalue weighted by atomic mass is 9.90. The van der Waals surface area contributed by atoms with Gasteiger partial charge in [0.25, 0.3) is 0 Å². The highest BCUT2D eigenvalue weighted by molar-refractivity contribution is 5.89. The van der Waals surface area contributed by atoms with Crippen LogP contribution in [0.1, 0.15) is 29.0 Å². The van der Waals surface area contributed by atoms with E-state index in [1.165, 1.54) is 0 Å². The topological polar surface area (TPSA) is 82.8 Å². The number of nitrogens with zero attached hydrogens (tertiary/aromatic N) is 5. The molecule has 8 nitrogen and oxygen atoms in total. The molecule has 2 aromatic heterocycles. The fourth-order valence-electron chi connectivity index (χ4n) is 4.43. The van der Waals surface area contributed by atoms with E-state index in [0.717, 1.165) is 35.5 Å². The maximum Gasteiger partial charge on any atom is 0.242 e. The molecule has 2 fully saturated rings. The zero-order valence-electron chi connectivity index (χ0n) is 17.2. The van der Waals surface area contributed by atoms with Crippen molar-refractivity contribution in [2.45, 2.75) is 39.4 Å². The summed E-state index contributed by atoms with van der Waals surface area (Å²) in [5, 5.41) is 4.04. The number of carbonyl (C=O) groups is 2. The van der Waals surface area contributed by atoms with Crippen LogP contribution in [0.4, 0.5) is 0 Å². The molecule has 2 atom stereocenters. The summed E-state index contributed by atoms with van der Waals surface area (Å²) in [5.74, 6) is 0.619. The van der Waals surface area contributed by atoms with Crippen LogP contribution >= 0.6 is 0 Å². The zero-order valence-corrected chi connectivity index (χ0v) is 17.2. The molecule has 4 rings (SSSR count).